The molecule has 10 heteroatoms. The van der Waals surface area contributed by atoms with E-state index in [0.717, 1.165) is 37.3 Å². The van der Waals surface area contributed by atoms with Gasteiger partial charge in [0, 0.05) is 44.8 Å². The maximum Gasteiger partial charge on any atom is 0.262 e. The molecule has 5 N–H and O–H groups in total. The predicted molar refractivity (Wildman–Crippen MR) is 119 cm³/mol. The standard InChI is InChI=1S/C21H30N8O2/c1-12-17(22)21(11-31-12)5-8-29(9-6-21)20-25-18-15(19(30)28(20)3)16(26-27-18)13-4-7-24-14(10-13)23-2/h4,7,10,12,16-17,26-27H,5-6,8-9,11,22H2,1-3H3,(H,23,24)/t12-,16?,17+/m0/s1. The lowest BCUT2D eigenvalue weighted by atomic mass is 9.73. The van der Waals surface area contributed by atoms with Gasteiger partial charge in [-0.3, -0.25) is 9.36 Å². The minimum absolute atomic E-state index is 0.0305. The number of pyridine rings is 1. The van der Waals surface area contributed by atoms with Crippen LogP contribution < -0.4 is 32.4 Å². The summed E-state index contributed by atoms with van der Waals surface area (Å²) < 4.78 is 7.49. The first-order chi connectivity index (χ1) is 14.9. The molecule has 2 saturated heterocycles. The molecule has 3 aliphatic rings. The highest BCUT2D eigenvalue weighted by Crippen LogP contribution is 2.42. The summed E-state index contributed by atoms with van der Waals surface area (Å²) in [7, 11) is 3.62. The molecule has 2 aromatic rings. The number of nitrogens with zero attached hydrogens (tertiary/aromatic N) is 4. The monoisotopic (exact) mass is 426 g/mol. The number of nitrogens with one attached hydrogen (secondary N) is 3. The molecule has 3 atom stereocenters. The van der Waals surface area contributed by atoms with Gasteiger partial charge >= 0.3 is 0 Å². The highest BCUT2D eigenvalue weighted by Gasteiger charge is 2.48. The van der Waals surface area contributed by atoms with Crippen molar-refractivity contribution in [1.82, 2.24) is 20.0 Å². The van der Waals surface area contributed by atoms with Crippen molar-refractivity contribution in [3.8, 4) is 0 Å². The fourth-order valence-corrected chi connectivity index (χ4v) is 5.10. The number of hydrogen-bond donors (Lipinski definition) is 4. The minimum atomic E-state index is -0.287. The van der Waals surface area contributed by atoms with Gasteiger partial charge in [-0.25, -0.2) is 10.4 Å². The first-order valence-corrected chi connectivity index (χ1v) is 10.8. The Morgan fingerprint density at radius 2 is 2.13 bits per heavy atom. The van der Waals surface area contributed by atoms with E-state index >= 15 is 0 Å². The Kier molecular flexibility index (Phi) is 4.87. The van der Waals surface area contributed by atoms with Gasteiger partial charge in [-0.15, -0.1) is 0 Å². The molecule has 5 heterocycles. The minimum Gasteiger partial charge on any atom is -0.376 e. The molecule has 1 unspecified atom stereocenters. The average molecular weight is 427 g/mol. The summed E-state index contributed by atoms with van der Waals surface area (Å²) in [5.41, 5.74) is 14.3. The highest BCUT2D eigenvalue weighted by atomic mass is 16.5. The molecule has 0 aliphatic carbocycles. The van der Waals surface area contributed by atoms with Gasteiger partial charge in [-0.1, -0.05) is 0 Å². The van der Waals surface area contributed by atoms with Crippen molar-refractivity contribution < 1.29 is 4.74 Å². The molecule has 0 radical (unpaired) electrons. The number of anilines is 3. The Bertz CT molecular complexity index is 1050. The van der Waals surface area contributed by atoms with Crippen molar-refractivity contribution in [3.05, 3.63) is 39.8 Å². The number of piperidine rings is 1. The van der Waals surface area contributed by atoms with Crippen LogP contribution in [0.3, 0.4) is 0 Å². The Labute approximate surface area is 181 Å². The van der Waals surface area contributed by atoms with E-state index in [0.29, 0.717) is 23.9 Å². The van der Waals surface area contributed by atoms with E-state index in [1.165, 1.54) is 0 Å². The summed E-state index contributed by atoms with van der Waals surface area (Å²) in [6.07, 6.45) is 3.69. The van der Waals surface area contributed by atoms with E-state index in [2.05, 4.69) is 33.0 Å². The number of ether oxygens (including phenoxy) is 1. The van der Waals surface area contributed by atoms with Crippen molar-refractivity contribution in [1.29, 1.82) is 0 Å². The van der Waals surface area contributed by atoms with Crippen molar-refractivity contribution in [2.75, 3.05) is 42.4 Å². The Hall–Kier alpha value is -2.69. The van der Waals surface area contributed by atoms with Crippen molar-refractivity contribution in [2.45, 2.75) is 38.0 Å². The molecule has 0 saturated carbocycles. The summed E-state index contributed by atoms with van der Waals surface area (Å²) in [6.45, 7) is 4.37. The number of nitrogens with two attached hydrogens (primary N) is 1. The van der Waals surface area contributed by atoms with Gasteiger partial charge in [0.1, 0.15) is 5.82 Å². The van der Waals surface area contributed by atoms with Crippen LogP contribution in [0.2, 0.25) is 0 Å². The molecule has 10 nitrogen and oxygen atoms in total. The summed E-state index contributed by atoms with van der Waals surface area (Å²) in [4.78, 5) is 24.6. The number of fused-ring (bicyclic) bond motifs is 1. The van der Waals surface area contributed by atoms with Gasteiger partial charge in [-0.2, -0.15) is 4.98 Å². The topological polar surface area (TPSA) is 122 Å². The molecule has 1 spiro atoms. The number of aromatic nitrogens is 3. The zero-order valence-electron chi connectivity index (χ0n) is 18.2. The average Bonchev–Trinajstić information content (AvgIpc) is 3.34. The van der Waals surface area contributed by atoms with Crippen LogP contribution in [-0.4, -0.2) is 53.4 Å². The molecule has 2 aromatic heterocycles. The van der Waals surface area contributed by atoms with E-state index < -0.39 is 0 Å². The second-order valence-electron chi connectivity index (χ2n) is 8.86. The highest BCUT2D eigenvalue weighted by molar-refractivity contribution is 5.57. The normalized spacial score (nSPS) is 26.7. The molecule has 166 valence electrons. The summed E-state index contributed by atoms with van der Waals surface area (Å²) in [5, 5.41) is 3.04. The van der Waals surface area contributed by atoms with Crippen molar-refractivity contribution in [3.63, 3.8) is 0 Å². The molecule has 0 bridgehead atoms. The first kappa shape index (κ1) is 20.2. The van der Waals surface area contributed by atoms with E-state index in [9.17, 15) is 4.79 Å². The molecular formula is C21H30N8O2. The lowest BCUT2D eigenvalue weighted by Gasteiger charge is -2.41. The van der Waals surface area contributed by atoms with Crippen molar-refractivity contribution >= 4 is 17.6 Å². The van der Waals surface area contributed by atoms with E-state index in [4.69, 9.17) is 15.5 Å². The number of rotatable bonds is 3. The SMILES string of the molecule is CNc1cc(C2NNc3nc(N4CCC5(CC4)CO[C@@H](C)[C@H]5N)n(C)c(=O)c32)ccn1. The fourth-order valence-electron chi connectivity index (χ4n) is 5.10. The second kappa shape index (κ2) is 7.47. The van der Waals surface area contributed by atoms with E-state index in [1.54, 1.807) is 17.8 Å². The van der Waals surface area contributed by atoms with Crippen LogP contribution in [0, 0.1) is 5.41 Å². The molecule has 5 rings (SSSR count). The Morgan fingerprint density at radius 3 is 2.81 bits per heavy atom. The maximum absolute atomic E-state index is 13.4. The molecular weight excluding hydrogens is 396 g/mol. The van der Waals surface area contributed by atoms with Gasteiger partial charge in [0.25, 0.3) is 5.56 Å². The molecule has 0 aromatic carbocycles. The smallest absolute Gasteiger partial charge is 0.262 e. The Balaban J connectivity index is 1.42. The second-order valence-corrected chi connectivity index (χ2v) is 8.86. The van der Waals surface area contributed by atoms with Crippen LogP contribution in [0.5, 0.6) is 0 Å². The summed E-state index contributed by atoms with van der Waals surface area (Å²) in [6, 6.07) is 3.60. The van der Waals surface area contributed by atoms with E-state index in [-0.39, 0.29) is 29.2 Å². The predicted octanol–water partition coefficient (Wildman–Crippen LogP) is 0.569. The lowest BCUT2D eigenvalue weighted by molar-refractivity contribution is 0.0973. The quantitative estimate of drug-likeness (QED) is 0.558. The van der Waals surface area contributed by atoms with Crippen LogP contribution in [0.15, 0.2) is 23.1 Å². The molecule has 0 amide bonds. The van der Waals surface area contributed by atoms with Gasteiger partial charge < -0.3 is 26.1 Å². The number of hydrazine groups is 1. The third-order valence-corrected chi connectivity index (χ3v) is 7.19. The van der Waals surface area contributed by atoms with Crippen molar-refractivity contribution in [2.24, 2.45) is 18.2 Å². The van der Waals surface area contributed by atoms with Crippen LogP contribution in [0.4, 0.5) is 17.6 Å². The third-order valence-electron chi connectivity index (χ3n) is 7.19. The summed E-state index contributed by atoms with van der Waals surface area (Å²) in [5.74, 6) is 2.01. The zero-order valence-corrected chi connectivity index (χ0v) is 18.2. The first-order valence-electron chi connectivity index (χ1n) is 10.8. The zero-order chi connectivity index (χ0) is 21.8. The van der Waals surface area contributed by atoms with Crippen LogP contribution in [-0.2, 0) is 11.8 Å². The Morgan fingerprint density at radius 1 is 1.35 bits per heavy atom. The number of hydrogen-bond acceptors (Lipinski definition) is 9. The van der Waals surface area contributed by atoms with Gasteiger partial charge in [0.05, 0.1) is 24.3 Å². The van der Waals surface area contributed by atoms with E-state index in [1.807, 2.05) is 19.2 Å². The maximum atomic E-state index is 13.4. The fraction of sp³-hybridized carbons (Fsp3) is 0.571. The molecule has 2 fully saturated rings. The van der Waals surface area contributed by atoms with Gasteiger partial charge in [0.15, 0.2) is 5.82 Å². The van der Waals surface area contributed by atoms with Gasteiger partial charge in [-0.05, 0) is 37.5 Å². The molecule has 31 heavy (non-hydrogen) atoms. The van der Waals surface area contributed by atoms with Crippen LogP contribution in [0.25, 0.3) is 0 Å². The van der Waals surface area contributed by atoms with Crippen LogP contribution >= 0.6 is 0 Å². The van der Waals surface area contributed by atoms with Crippen LogP contribution in [0.1, 0.15) is 36.9 Å². The lowest BCUT2D eigenvalue weighted by Crippen LogP contribution is -2.51. The largest absolute Gasteiger partial charge is 0.376 e. The van der Waals surface area contributed by atoms with Gasteiger partial charge in [0.2, 0.25) is 5.95 Å². The third kappa shape index (κ3) is 3.17. The molecule has 3 aliphatic heterocycles. The summed E-state index contributed by atoms with van der Waals surface area (Å²) >= 11 is 0.